The molecular weight excluding hydrogens is 128 g/mol. The third kappa shape index (κ3) is 1.50. The number of ether oxygens (including phenoxy) is 2. The van der Waals surface area contributed by atoms with Gasteiger partial charge in [0.1, 0.15) is 6.10 Å². The fraction of sp³-hybridized carbons (Fsp3) is 0.750. The second-order valence-corrected chi connectivity index (χ2v) is 2.37. The lowest BCUT2D eigenvalue weighted by Gasteiger charge is -2.26. The molecule has 2 nitrogen and oxygen atoms in total. The molecule has 1 rings (SSSR count). The van der Waals surface area contributed by atoms with Crippen LogP contribution in [0.15, 0.2) is 0 Å². The molecule has 0 aliphatic carbocycles. The van der Waals surface area contributed by atoms with Gasteiger partial charge in [0, 0.05) is 13.7 Å². The molecule has 0 bridgehead atoms. The molecule has 10 heavy (non-hydrogen) atoms. The van der Waals surface area contributed by atoms with Crippen LogP contribution >= 0.6 is 0 Å². The Labute approximate surface area is 61.5 Å². The zero-order chi connectivity index (χ0) is 7.40. The number of methoxy groups -OCH3 is 1. The molecule has 0 spiro atoms. The Morgan fingerprint density at radius 3 is 3.00 bits per heavy atom. The van der Waals surface area contributed by atoms with Gasteiger partial charge in [0.25, 0.3) is 0 Å². The molecule has 0 N–H and O–H groups in total. The normalized spacial score (nSPS) is 33.2. The van der Waals surface area contributed by atoms with Crippen LogP contribution in [-0.2, 0) is 9.47 Å². The van der Waals surface area contributed by atoms with Crippen molar-refractivity contribution in [2.75, 3.05) is 13.7 Å². The fourth-order valence-electron chi connectivity index (χ4n) is 1.15. The highest BCUT2D eigenvalue weighted by Crippen LogP contribution is 2.15. The molecule has 1 fully saturated rings. The minimum absolute atomic E-state index is 0.110. The topological polar surface area (TPSA) is 18.5 Å². The van der Waals surface area contributed by atoms with Gasteiger partial charge >= 0.3 is 0 Å². The molecule has 0 radical (unpaired) electrons. The lowest BCUT2D eigenvalue weighted by molar-refractivity contribution is -0.0631. The van der Waals surface area contributed by atoms with Gasteiger partial charge in [-0.05, 0) is 12.8 Å². The first-order valence-electron chi connectivity index (χ1n) is 3.49. The standard InChI is InChI=1S/C8H12O2/c1-3-7-8(9-2)5-4-6-10-7/h1,7-8H,4-6H2,2H3/t7-,8-/m1/s1. The van der Waals surface area contributed by atoms with E-state index in [1.165, 1.54) is 0 Å². The Hall–Kier alpha value is -0.520. The fourth-order valence-corrected chi connectivity index (χ4v) is 1.15. The Balaban J connectivity index is 2.44. The molecule has 1 heterocycles. The maximum absolute atomic E-state index is 5.27. The van der Waals surface area contributed by atoms with Gasteiger partial charge in [-0.2, -0.15) is 0 Å². The Morgan fingerprint density at radius 2 is 2.50 bits per heavy atom. The van der Waals surface area contributed by atoms with E-state index in [2.05, 4.69) is 5.92 Å². The van der Waals surface area contributed by atoms with Gasteiger partial charge in [0.05, 0.1) is 6.10 Å². The Bertz CT molecular complexity index is 137. The number of rotatable bonds is 1. The minimum Gasteiger partial charge on any atom is -0.378 e. The Kier molecular flexibility index (Phi) is 2.73. The summed E-state index contributed by atoms with van der Waals surface area (Å²) in [4.78, 5) is 0. The zero-order valence-electron chi connectivity index (χ0n) is 6.17. The third-order valence-electron chi connectivity index (χ3n) is 1.74. The first-order valence-corrected chi connectivity index (χ1v) is 3.49. The summed E-state index contributed by atoms with van der Waals surface area (Å²) in [7, 11) is 1.67. The average Bonchev–Trinajstić information content (AvgIpc) is 2.04. The van der Waals surface area contributed by atoms with E-state index in [0.717, 1.165) is 19.4 Å². The van der Waals surface area contributed by atoms with Crippen molar-refractivity contribution in [3.05, 3.63) is 0 Å². The van der Waals surface area contributed by atoms with Crippen LogP contribution in [0.3, 0.4) is 0 Å². The minimum atomic E-state index is -0.126. The summed E-state index contributed by atoms with van der Waals surface area (Å²) < 4.78 is 10.4. The third-order valence-corrected chi connectivity index (χ3v) is 1.74. The summed E-state index contributed by atoms with van der Waals surface area (Å²) in [5, 5.41) is 0. The lowest BCUT2D eigenvalue weighted by Crippen LogP contribution is -2.34. The van der Waals surface area contributed by atoms with Crippen molar-refractivity contribution in [2.45, 2.75) is 25.0 Å². The van der Waals surface area contributed by atoms with Crippen molar-refractivity contribution < 1.29 is 9.47 Å². The van der Waals surface area contributed by atoms with Crippen LogP contribution in [0.5, 0.6) is 0 Å². The monoisotopic (exact) mass is 140 g/mol. The van der Waals surface area contributed by atoms with Crippen LogP contribution in [0.1, 0.15) is 12.8 Å². The van der Waals surface area contributed by atoms with Gasteiger partial charge < -0.3 is 9.47 Å². The Morgan fingerprint density at radius 1 is 1.70 bits per heavy atom. The van der Waals surface area contributed by atoms with Gasteiger partial charge in [-0.15, -0.1) is 6.42 Å². The lowest BCUT2D eigenvalue weighted by atomic mass is 10.1. The number of hydrogen-bond donors (Lipinski definition) is 0. The van der Waals surface area contributed by atoms with Crippen LogP contribution in [0.4, 0.5) is 0 Å². The molecular formula is C8H12O2. The molecule has 0 saturated carbocycles. The van der Waals surface area contributed by atoms with E-state index < -0.39 is 0 Å². The van der Waals surface area contributed by atoms with Crippen molar-refractivity contribution in [3.63, 3.8) is 0 Å². The highest BCUT2D eigenvalue weighted by Gasteiger charge is 2.23. The molecule has 0 amide bonds. The van der Waals surface area contributed by atoms with E-state index in [1.54, 1.807) is 7.11 Å². The molecule has 0 aromatic carbocycles. The molecule has 2 atom stereocenters. The second-order valence-electron chi connectivity index (χ2n) is 2.37. The first-order chi connectivity index (χ1) is 4.88. The summed E-state index contributed by atoms with van der Waals surface area (Å²) in [5.41, 5.74) is 0. The number of terminal acetylenes is 1. The zero-order valence-corrected chi connectivity index (χ0v) is 6.17. The quantitative estimate of drug-likeness (QED) is 0.502. The summed E-state index contributed by atoms with van der Waals surface area (Å²) in [6, 6.07) is 0. The van der Waals surface area contributed by atoms with Crippen molar-refractivity contribution in [2.24, 2.45) is 0 Å². The van der Waals surface area contributed by atoms with E-state index in [0.29, 0.717) is 0 Å². The van der Waals surface area contributed by atoms with Gasteiger partial charge in [-0.3, -0.25) is 0 Å². The summed E-state index contributed by atoms with van der Waals surface area (Å²) in [6.07, 6.45) is 7.27. The molecule has 1 aliphatic heterocycles. The van der Waals surface area contributed by atoms with Crippen LogP contribution in [0.25, 0.3) is 0 Å². The molecule has 2 heteroatoms. The van der Waals surface area contributed by atoms with Crippen molar-refractivity contribution in [1.29, 1.82) is 0 Å². The highest BCUT2D eigenvalue weighted by atomic mass is 16.5. The van der Waals surface area contributed by atoms with Gasteiger partial charge in [-0.1, -0.05) is 5.92 Å². The predicted molar refractivity (Wildman–Crippen MR) is 38.6 cm³/mol. The van der Waals surface area contributed by atoms with E-state index >= 15 is 0 Å². The molecule has 56 valence electrons. The first kappa shape index (κ1) is 7.59. The van der Waals surface area contributed by atoms with Crippen LogP contribution in [0.2, 0.25) is 0 Å². The van der Waals surface area contributed by atoms with Crippen molar-refractivity contribution >= 4 is 0 Å². The van der Waals surface area contributed by atoms with Crippen molar-refractivity contribution in [1.82, 2.24) is 0 Å². The molecule has 0 aromatic heterocycles. The average molecular weight is 140 g/mol. The second kappa shape index (κ2) is 3.60. The molecule has 0 unspecified atom stereocenters. The number of hydrogen-bond acceptors (Lipinski definition) is 2. The van der Waals surface area contributed by atoms with Gasteiger partial charge in [-0.25, -0.2) is 0 Å². The molecule has 1 saturated heterocycles. The van der Waals surface area contributed by atoms with E-state index in [4.69, 9.17) is 15.9 Å². The van der Waals surface area contributed by atoms with Crippen LogP contribution < -0.4 is 0 Å². The van der Waals surface area contributed by atoms with Crippen LogP contribution in [0, 0.1) is 12.3 Å². The SMILES string of the molecule is C#C[C@H]1OCCC[C@H]1OC. The summed E-state index contributed by atoms with van der Waals surface area (Å²) >= 11 is 0. The van der Waals surface area contributed by atoms with E-state index in [1.807, 2.05) is 0 Å². The van der Waals surface area contributed by atoms with Gasteiger partial charge in [0.15, 0.2) is 0 Å². The van der Waals surface area contributed by atoms with E-state index in [9.17, 15) is 0 Å². The maximum atomic E-state index is 5.27. The van der Waals surface area contributed by atoms with Gasteiger partial charge in [0.2, 0.25) is 0 Å². The maximum Gasteiger partial charge on any atom is 0.143 e. The van der Waals surface area contributed by atoms with E-state index in [-0.39, 0.29) is 12.2 Å². The summed E-state index contributed by atoms with van der Waals surface area (Å²) in [6.45, 7) is 0.773. The molecule has 1 aliphatic rings. The smallest absolute Gasteiger partial charge is 0.143 e. The van der Waals surface area contributed by atoms with Crippen molar-refractivity contribution in [3.8, 4) is 12.3 Å². The molecule has 0 aromatic rings. The van der Waals surface area contributed by atoms with Crippen LogP contribution in [-0.4, -0.2) is 25.9 Å². The largest absolute Gasteiger partial charge is 0.378 e. The summed E-state index contributed by atoms with van der Waals surface area (Å²) in [5.74, 6) is 2.56. The highest BCUT2D eigenvalue weighted by molar-refractivity contribution is 5.00. The predicted octanol–water partition coefficient (Wildman–Crippen LogP) is 0.814.